The minimum atomic E-state index is -1.51. The van der Waals surface area contributed by atoms with Crippen molar-refractivity contribution in [2.24, 2.45) is 23.7 Å². The Bertz CT molecular complexity index is 1400. The molecule has 1 saturated carbocycles. The van der Waals surface area contributed by atoms with Gasteiger partial charge in [-0.05, 0) is 97.4 Å². The number of aryl methyl sites for hydroxylation is 1. The first-order valence-electron chi connectivity index (χ1n) is 16.6. The van der Waals surface area contributed by atoms with E-state index in [9.17, 15) is 9.35 Å². The van der Waals surface area contributed by atoms with Gasteiger partial charge in [0.05, 0.1) is 43.0 Å². The molecule has 3 heterocycles. The van der Waals surface area contributed by atoms with Gasteiger partial charge in [0.2, 0.25) is 0 Å². The second kappa shape index (κ2) is 14.3. The van der Waals surface area contributed by atoms with Crippen LogP contribution in [0, 0.1) is 23.7 Å². The average molecular weight is 655 g/mol. The molecule has 5 aliphatic rings. The summed E-state index contributed by atoms with van der Waals surface area (Å²) in [5.74, 6) is 1.93. The van der Waals surface area contributed by atoms with Crippen LogP contribution in [0.5, 0.6) is 5.75 Å². The van der Waals surface area contributed by atoms with Crippen LogP contribution in [0.4, 0.5) is 5.69 Å². The molecular formula is C36H47ClN2O5S. The van der Waals surface area contributed by atoms with Gasteiger partial charge in [0, 0.05) is 42.6 Å². The largest absolute Gasteiger partial charge is 0.593 e. The van der Waals surface area contributed by atoms with Gasteiger partial charge < -0.3 is 23.7 Å². The van der Waals surface area contributed by atoms with E-state index < -0.39 is 11.4 Å². The predicted molar refractivity (Wildman–Crippen MR) is 181 cm³/mol. The number of hydrogen-bond donors (Lipinski definition) is 1. The van der Waals surface area contributed by atoms with Crippen molar-refractivity contribution in [2.45, 2.75) is 70.1 Å². The van der Waals surface area contributed by atoms with Gasteiger partial charge in [-0.2, -0.15) is 4.72 Å². The summed E-state index contributed by atoms with van der Waals surface area (Å²) in [5, 5.41) is 0.568. The number of allylic oxidation sites excluding steroid dienone is 1. The molecule has 4 bridgehead atoms. The highest BCUT2D eigenvalue weighted by Gasteiger charge is 2.45. The van der Waals surface area contributed by atoms with E-state index in [1.165, 1.54) is 16.7 Å². The number of fused-ring (bicyclic) bond motifs is 4. The summed E-state index contributed by atoms with van der Waals surface area (Å²) in [6.45, 7) is 9.59. The Hall–Kier alpha value is -2.23. The minimum absolute atomic E-state index is 0.0630. The van der Waals surface area contributed by atoms with E-state index in [0.717, 1.165) is 61.7 Å². The summed E-state index contributed by atoms with van der Waals surface area (Å²) in [5.41, 5.74) is 5.31. The van der Waals surface area contributed by atoms with E-state index in [1.807, 2.05) is 25.1 Å². The number of rotatable bonds is 7. The molecule has 7 nitrogen and oxygen atoms in total. The summed E-state index contributed by atoms with van der Waals surface area (Å²) in [7, 11) is 1.71. The fourth-order valence-corrected chi connectivity index (χ4v) is 8.84. The van der Waals surface area contributed by atoms with E-state index in [4.69, 9.17) is 25.8 Å². The van der Waals surface area contributed by atoms with Crippen molar-refractivity contribution in [1.29, 1.82) is 0 Å². The fraction of sp³-hybridized carbons (Fsp3) is 0.583. The van der Waals surface area contributed by atoms with Crippen LogP contribution >= 0.6 is 11.6 Å². The van der Waals surface area contributed by atoms with E-state index in [2.05, 4.69) is 41.7 Å². The maximum Gasteiger partial charge on any atom is 0.292 e. The van der Waals surface area contributed by atoms with Gasteiger partial charge in [0.1, 0.15) is 11.0 Å². The van der Waals surface area contributed by atoms with E-state index >= 15 is 0 Å². The van der Waals surface area contributed by atoms with Gasteiger partial charge in [-0.15, -0.1) is 0 Å². The van der Waals surface area contributed by atoms with Gasteiger partial charge in [-0.1, -0.05) is 44.0 Å². The lowest BCUT2D eigenvalue weighted by atomic mass is 9.64. The Balaban J connectivity index is 1.37. The molecule has 3 aliphatic heterocycles. The first-order valence-corrected chi connectivity index (χ1v) is 18.2. The minimum Gasteiger partial charge on any atom is -0.593 e. The summed E-state index contributed by atoms with van der Waals surface area (Å²) in [6, 6.07) is 11.9. The van der Waals surface area contributed by atoms with Crippen molar-refractivity contribution in [3.63, 3.8) is 0 Å². The molecule has 0 aromatic heterocycles. The Kier molecular flexibility index (Phi) is 10.4. The molecule has 244 valence electrons. The van der Waals surface area contributed by atoms with Crippen LogP contribution in [0.2, 0.25) is 5.02 Å². The molecular weight excluding hydrogens is 608 g/mol. The Morgan fingerprint density at radius 3 is 2.69 bits per heavy atom. The van der Waals surface area contributed by atoms with Gasteiger partial charge >= 0.3 is 0 Å². The van der Waals surface area contributed by atoms with Crippen LogP contribution in [-0.2, 0) is 27.3 Å². The van der Waals surface area contributed by atoms with E-state index in [1.54, 1.807) is 13.2 Å². The molecule has 9 heteroatoms. The zero-order chi connectivity index (χ0) is 31.7. The highest BCUT2D eigenvalue weighted by molar-refractivity contribution is 7.90. The average Bonchev–Trinajstić information content (AvgIpc) is 3.17. The van der Waals surface area contributed by atoms with E-state index in [-0.39, 0.29) is 29.1 Å². The quantitative estimate of drug-likeness (QED) is 0.203. The van der Waals surface area contributed by atoms with Crippen LogP contribution < -0.4 is 14.4 Å². The lowest BCUT2D eigenvalue weighted by Gasteiger charge is -2.47. The van der Waals surface area contributed by atoms with Crippen LogP contribution in [0.3, 0.4) is 0 Å². The molecule has 7 rings (SSSR count). The zero-order valence-corrected chi connectivity index (χ0v) is 28.5. The molecule has 2 aromatic rings. The number of halogens is 1. The first kappa shape index (κ1) is 32.7. The molecule has 0 radical (unpaired) electrons. The standard InChI is InChI=1S/C36H47ClN2O5S/c1-5-6-24-17-30(37)9-11-31(24)29-20-39-19-26-7-10-32(26)35(43-14-13-42-4)28-15-27(16-28)22(2)23(3)45(41)38-36(40)25-8-12-34(44-21-29)33(39)18-25/h8-9,11-12,15,17-18,22-23,26-27,29,32,35H,5-7,10,13-14,16,19-21H2,1-4H3,(H,38,40). The number of nitrogens with one attached hydrogen (secondary N) is 1. The van der Waals surface area contributed by atoms with Crippen molar-refractivity contribution in [3.8, 4) is 5.75 Å². The number of methoxy groups -OCH3 is 1. The Morgan fingerprint density at radius 2 is 1.96 bits per heavy atom. The van der Waals surface area contributed by atoms with Gasteiger partial charge in [0.15, 0.2) is 0 Å². The third kappa shape index (κ3) is 6.91. The molecule has 8 atom stereocenters. The number of benzene rings is 2. The number of carbonyl (C=O) groups is 1. The second-order valence-corrected chi connectivity index (χ2v) is 15.4. The molecule has 8 unspecified atom stereocenters. The molecule has 1 amide bonds. The van der Waals surface area contributed by atoms with Crippen LogP contribution in [0.15, 0.2) is 48.0 Å². The van der Waals surface area contributed by atoms with Gasteiger partial charge in [-0.25, -0.2) is 0 Å². The Labute approximate surface area is 276 Å². The van der Waals surface area contributed by atoms with Crippen molar-refractivity contribution in [3.05, 3.63) is 69.8 Å². The topological polar surface area (TPSA) is 83.1 Å². The van der Waals surface area contributed by atoms with Crippen molar-refractivity contribution >= 4 is 34.6 Å². The van der Waals surface area contributed by atoms with Crippen molar-refractivity contribution in [2.75, 3.05) is 44.9 Å². The number of amides is 1. The third-order valence-corrected chi connectivity index (χ3v) is 12.3. The highest BCUT2D eigenvalue weighted by Crippen LogP contribution is 2.48. The molecule has 1 fully saturated rings. The maximum absolute atomic E-state index is 13.5. The molecule has 2 aromatic carbocycles. The number of carbonyl (C=O) groups excluding carboxylic acids is 1. The monoisotopic (exact) mass is 654 g/mol. The Morgan fingerprint density at radius 1 is 1.13 bits per heavy atom. The SMILES string of the molecule is CCCc1cc(Cl)ccc1C1COc2ccc3cc2N(C1)CC1CCC1C(OCCOC)C1=CC(C1)C(C)C(C)[S+]([O-])NC3=O. The number of hydrogen-bond acceptors (Lipinski definition) is 6. The summed E-state index contributed by atoms with van der Waals surface area (Å²) in [4.78, 5) is 15.9. The van der Waals surface area contributed by atoms with Crippen LogP contribution in [-0.4, -0.2) is 61.8 Å². The van der Waals surface area contributed by atoms with Gasteiger partial charge in [0.25, 0.3) is 5.91 Å². The van der Waals surface area contributed by atoms with Crippen LogP contribution in [0.1, 0.15) is 73.9 Å². The maximum atomic E-state index is 13.5. The molecule has 1 N–H and O–H groups in total. The molecule has 0 spiro atoms. The normalized spacial score (nSPS) is 31.4. The highest BCUT2D eigenvalue weighted by atomic mass is 35.5. The van der Waals surface area contributed by atoms with E-state index in [0.29, 0.717) is 43.1 Å². The predicted octanol–water partition coefficient (Wildman–Crippen LogP) is 6.71. The summed E-state index contributed by atoms with van der Waals surface area (Å²) >= 11 is 4.93. The molecule has 0 saturated heterocycles. The van der Waals surface area contributed by atoms with Crippen LogP contribution in [0.25, 0.3) is 0 Å². The smallest absolute Gasteiger partial charge is 0.292 e. The first-order chi connectivity index (χ1) is 21.8. The number of ether oxygens (including phenoxy) is 3. The fourth-order valence-electron chi connectivity index (χ4n) is 7.57. The second-order valence-electron chi connectivity index (χ2n) is 13.4. The lowest BCUT2D eigenvalue weighted by molar-refractivity contribution is -0.0417. The summed E-state index contributed by atoms with van der Waals surface area (Å²) < 4.78 is 34.6. The molecule has 2 aliphatic carbocycles. The number of nitrogens with zero attached hydrogens (tertiary/aromatic N) is 1. The number of anilines is 1. The van der Waals surface area contributed by atoms with Crippen molar-refractivity contribution in [1.82, 2.24) is 4.72 Å². The zero-order valence-electron chi connectivity index (χ0n) is 26.9. The van der Waals surface area contributed by atoms with Crippen molar-refractivity contribution < 1.29 is 23.6 Å². The molecule has 45 heavy (non-hydrogen) atoms. The summed E-state index contributed by atoms with van der Waals surface area (Å²) in [6.07, 6.45) is 7.61. The van der Waals surface area contributed by atoms with Gasteiger partial charge in [-0.3, -0.25) is 4.79 Å². The lowest BCUT2D eigenvalue weighted by Crippen LogP contribution is -2.48. The third-order valence-electron chi connectivity index (χ3n) is 10.6.